The molecular formula is C98H109B2Cl3IN11O16. The summed E-state index contributed by atoms with van der Waals surface area (Å²) >= 11 is 19.6. The maximum Gasteiger partial charge on any atom is 0.498 e. The summed E-state index contributed by atoms with van der Waals surface area (Å²) in [5, 5.41) is 41.3. The first-order valence-electron chi connectivity index (χ1n) is 41.0. The van der Waals surface area contributed by atoms with Crippen LogP contribution < -0.4 is 55.7 Å². The molecule has 1 fully saturated rings. The number of aromatic carboxylic acids is 1. The molecule has 0 unspecified atom stereocenters. The number of aryl methyl sites for hydroxylation is 10. The third-order valence-electron chi connectivity index (χ3n) is 20.4. The lowest BCUT2D eigenvalue weighted by Gasteiger charge is -2.32. The average Bonchev–Trinajstić information content (AvgIpc) is 1.61. The number of esters is 1. The highest BCUT2D eigenvalue weighted by atomic mass is 127. The molecule has 1 saturated heterocycles. The van der Waals surface area contributed by atoms with Crippen molar-refractivity contribution in [3.8, 4) is 79.1 Å². The third-order valence-corrected chi connectivity index (χ3v) is 21.9. The summed E-state index contributed by atoms with van der Waals surface area (Å²) in [5.74, 6) is 1.91. The molecule has 131 heavy (non-hydrogen) atoms. The minimum Gasteiger partial charge on any atom is -0.493 e. The molecule has 0 atom stereocenters. The lowest BCUT2D eigenvalue weighted by atomic mass is 9.79. The van der Waals surface area contributed by atoms with Gasteiger partial charge in [0.15, 0.2) is 34.5 Å². The molecule has 27 nitrogen and oxygen atoms in total. The number of nitrogens with zero attached hydrogens (tertiary/aromatic N) is 8. The Morgan fingerprint density at radius 3 is 1.18 bits per heavy atom. The molecule has 0 saturated carbocycles. The molecule has 33 heteroatoms. The Balaban J connectivity index is 0.000000197. The van der Waals surface area contributed by atoms with Gasteiger partial charge in [0.2, 0.25) is 0 Å². The lowest BCUT2D eigenvalue weighted by Crippen LogP contribution is -2.41. The summed E-state index contributed by atoms with van der Waals surface area (Å²) in [6.07, 6.45) is 13.9. The van der Waals surface area contributed by atoms with Crippen molar-refractivity contribution in [2.45, 2.75) is 114 Å². The number of carbonyl (C=O) groups excluding carboxylic acids is 3. The lowest BCUT2D eigenvalue weighted by molar-refractivity contribution is 0.00578. The van der Waals surface area contributed by atoms with E-state index >= 15 is 0 Å². The zero-order chi connectivity index (χ0) is 96.3. The number of methoxy groups -OCH3 is 7. The molecule has 7 heterocycles. The fraction of sp³-hybridized carbons (Fsp3) is 0.265. The number of hydrogen-bond donors (Lipinski definition) is 6. The van der Waals surface area contributed by atoms with Gasteiger partial charge in [0, 0.05) is 108 Å². The Hall–Kier alpha value is -12.2. The fourth-order valence-corrected chi connectivity index (χ4v) is 14.4. The van der Waals surface area contributed by atoms with Crippen LogP contribution in [0.3, 0.4) is 0 Å². The van der Waals surface area contributed by atoms with Crippen LogP contribution in [0.2, 0.25) is 15.5 Å². The molecule has 2 amide bonds. The Bertz CT molecular complexity index is 6060. The van der Waals surface area contributed by atoms with Crippen LogP contribution in [0.4, 0.5) is 0 Å². The van der Waals surface area contributed by atoms with Crippen LogP contribution in [-0.2, 0) is 47.8 Å². The van der Waals surface area contributed by atoms with E-state index in [-0.39, 0.29) is 51.2 Å². The zero-order valence-electron chi connectivity index (χ0n) is 77.1. The first-order valence-corrected chi connectivity index (χ1v) is 43.2. The predicted molar refractivity (Wildman–Crippen MR) is 523 cm³/mol. The van der Waals surface area contributed by atoms with Gasteiger partial charge < -0.3 is 74.0 Å². The highest BCUT2D eigenvalue weighted by Gasteiger charge is 2.52. The topological polar surface area (TPSA) is 349 Å². The smallest absolute Gasteiger partial charge is 0.493 e. The van der Waals surface area contributed by atoms with E-state index in [0.717, 1.165) is 121 Å². The van der Waals surface area contributed by atoms with Crippen LogP contribution in [0, 0.1) is 59.0 Å². The number of aromatic nitrogens is 8. The van der Waals surface area contributed by atoms with Gasteiger partial charge in [-0.05, 0) is 205 Å². The van der Waals surface area contributed by atoms with Crippen molar-refractivity contribution in [1.82, 2.24) is 50.1 Å². The van der Waals surface area contributed by atoms with Crippen LogP contribution in [0.25, 0.3) is 44.6 Å². The number of ether oxygens (including phenoxy) is 7. The van der Waals surface area contributed by atoms with Crippen LogP contribution in [0.15, 0.2) is 201 Å². The number of carbonyl (C=O) groups is 4. The van der Waals surface area contributed by atoms with Gasteiger partial charge in [-0.15, -0.1) is 0 Å². The largest absolute Gasteiger partial charge is 0.498 e. The maximum absolute atomic E-state index is 13.4. The van der Waals surface area contributed by atoms with Gasteiger partial charge >= 0.3 is 26.2 Å². The van der Waals surface area contributed by atoms with Crippen LogP contribution in [0.5, 0.6) is 34.5 Å². The highest BCUT2D eigenvalue weighted by molar-refractivity contribution is 14.1. The van der Waals surface area contributed by atoms with Crippen molar-refractivity contribution in [3.05, 3.63) is 304 Å². The normalized spacial score (nSPS) is 11.8. The predicted octanol–water partition coefficient (Wildman–Crippen LogP) is 17.4. The zero-order valence-corrected chi connectivity index (χ0v) is 81.6. The van der Waals surface area contributed by atoms with Crippen molar-refractivity contribution < 1.29 is 76.8 Å². The number of nitrogens with one attached hydrogen (secondary N) is 2. The number of amides is 2. The standard InChI is InChI=1S/C27H28N4O3.C23H23ClN2O3.C14H12ClNO2.C10H17BN2O2.C9H13NO2.C8H11BO2.C7H5ClINO2/c1-17-8-18(2)10-20(9-17)21-12-23(26(28-14-21)22-15-30-31(3)16-22)27(32)29-13-19-6-7-24(33-4)25(11-19)34-5;1-14-7-15(2)9-17(8-14)18-11-19(22(24)25-13-18)23(27)26-12-16-5-6-20(28-3)21(10-16)29-4;1-8-3-9(2)5-10(4-8)11-6-12(14(17)18)13(15)16-7-11;1-9(2)10(3,4)15-11(14-9)8-6-12-13(5)7-8;1-11-8-4-3-7(6-10)5-9(8)12-2;1-6-3-7(2)5-8(4-6)9(10)11;1-12-7(11)5-2-4(9)3-10-6(5)8/h6-12,14-16H,13H2,1-5H3,(H,29,32);5-11,13H,12H2,1-4H3,(H,26,27);3-7H,1-2H3,(H,17,18);6-7H,1-5H3;3-5H,6,10H2,1-2H3;3-5,10-11H,1-2H3;2-3H,1H3. The van der Waals surface area contributed by atoms with Gasteiger partial charge in [0.05, 0.1) is 95.1 Å². The highest BCUT2D eigenvalue weighted by Crippen LogP contribution is 2.38. The summed E-state index contributed by atoms with van der Waals surface area (Å²) < 4.78 is 51.9. The Morgan fingerprint density at radius 1 is 0.435 bits per heavy atom. The van der Waals surface area contributed by atoms with Crippen molar-refractivity contribution >= 4 is 106 Å². The summed E-state index contributed by atoms with van der Waals surface area (Å²) in [4.78, 5) is 64.8. The molecule has 0 aliphatic carbocycles. The summed E-state index contributed by atoms with van der Waals surface area (Å²) in [6.45, 7) is 25.4. The molecule has 0 bridgehead atoms. The third kappa shape index (κ3) is 29.9. The molecule has 13 aromatic rings. The van der Waals surface area contributed by atoms with E-state index in [9.17, 15) is 19.2 Å². The molecular weight excluding hydrogens is 1840 g/mol. The minimum atomic E-state index is -1.35. The number of pyridine rings is 4. The minimum absolute atomic E-state index is 0.00984. The SMILES string of the molecule is COC(=O)c1cc(I)cnc1Cl.COc1ccc(CN)cc1OC.COc1ccc(CNC(=O)c2cc(-c3cc(C)cc(C)c3)cnc2-c2cnn(C)c2)cc1OC.COc1ccc(CNC(=O)c2cc(-c3cc(C)cc(C)c3)cnc2Cl)cc1OC.Cc1cc(C)cc(-c2cnc(Cl)c(C(=O)O)c2)c1.Cc1cc(C)cc(B(O)O)c1.Cn1cc(B2OC(C)(C)C(C)(C)O2)cn1. The average molecular weight is 1950 g/mol. The molecule has 14 rings (SSSR count). The number of rotatable bonds is 21. The second-order valence-electron chi connectivity index (χ2n) is 31.5. The Labute approximate surface area is 794 Å². The van der Waals surface area contributed by atoms with Crippen molar-refractivity contribution in [2.75, 3.05) is 49.8 Å². The number of carboxylic acid groups (broad SMARTS) is 1. The first kappa shape index (κ1) is 104. The Kier molecular flexibility index (Phi) is 38.6. The van der Waals surface area contributed by atoms with Crippen LogP contribution in [-0.4, -0.2) is 154 Å². The number of halogens is 4. The van der Waals surface area contributed by atoms with Crippen molar-refractivity contribution in [2.24, 2.45) is 19.8 Å². The van der Waals surface area contributed by atoms with E-state index in [1.165, 1.54) is 7.11 Å². The molecule has 1 aliphatic rings. The molecule has 0 radical (unpaired) electrons. The fourth-order valence-electron chi connectivity index (χ4n) is 13.4. The van der Waals surface area contributed by atoms with E-state index in [1.807, 2.05) is 197 Å². The summed E-state index contributed by atoms with van der Waals surface area (Å²) in [6, 6.07) is 47.6. The number of benzene rings is 7. The maximum atomic E-state index is 13.4. The molecule has 7 aromatic carbocycles. The molecule has 6 aromatic heterocycles. The van der Waals surface area contributed by atoms with Gasteiger partial charge in [0.1, 0.15) is 15.5 Å². The van der Waals surface area contributed by atoms with E-state index in [0.29, 0.717) is 70.5 Å². The second kappa shape index (κ2) is 48.6. The summed E-state index contributed by atoms with van der Waals surface area (Å²) in [5.41, 5.74) is 26.2. The quantitative estimate of drug-likeness (QED) is 0.0168. The van der Waals surface area contributed by atoms with Gasteiger partial charge in [-0.1, -0.05) is 170 Å². The molecule has 0 spiro atoms. The van der Waals surface area contributed by atoms with Gasteiger partial charge in [-0.2, -0.15) is 10.2 Å². The molecule has 1 aliphatic heterocycles. The van der Waals surface area contributed by atoms with Gasteiger partial charge in [0.25, 0.3) is 11.8 Å². The Morgan fingerprint density at radius 2 is 0.794 bits per heavy atom. The van der Waals surface area contributed by atoms with Crippen LogP contribution in [0.1, 0.15) is 130 Å². The molecule has 686 valence electrons. The van der Waals surface area contributed by atoms with Crippen LogP contribution >= 0.6 is 57.4 Å². The van der Waals surface area contributed by atoms with Gasteiger partial charge in [-0.25, -0.2) is 24.5 Å². The van der Waals surface area contributed by atoms with E-state index in [4.69, 9.17) is 93.4 Å². The van der Waals surface area contributed by atoms with Crippen molar-refractivity contribution in [3.63, 3.8) is 0 Å². The summed E-state index contributed by atoms with van der Waals surface area (Å²) in [7, 11) is 12.9. The van der Waals surface area contributed by atoms with E-state index < -0.39 is 19.1 Å². The number of hydrogen-bond acceptors (Lipinski definition) is 22. The second-order valence-corrected chi connectivity index (χ2v) is 33.9. The van der Waals surface area contributed by atoms with Crippen molar-refractivity contribution in [1.29, 1.82) is 0 Å². The van der Waals surface area contributed by atoms with E-state index in [1.54, 1.807) is 119 Å². The number of carboxylic acids is 1. The van der Waals surface area contributed by atoms with E-state index in [2.05, 4.69) is 102 Å². The first-order chi connectivity index (χ1) is 62.1. The molecule has 7 N–H and O–H groups in total. The monoisotopic (exact) mass is 1950 g/mol. The van der Waals surface area contributed by atoms with Gasteiger partial charge in [-0.3, -0.25) is 23.9 Å². The number of nitrogens with two attached hydrogens (primary N) is 1.